The molecule has 2 atom stereocenters. The van der Waals surface area contributed by atoms with Crippen molar-refractivity contribution in [3.63, 3.8) is 0 Å². The number of sulfone groups is 1. The molecule has 6 nitrogen and oxygen atoms in total. The first-order valence-corrected chi connectivity index (χ1v) is 7.44. The third kappa shape index (κ3) is 2.67. The summed E-state index contributed by atoms with van der Waals surface area (Å²) in [6.07, 6.45) is 4.65. The molecule has 0 aliphatic carbocycles. The van der Waals surface area contributed by atoms with Crippen LogP contribution in [0.4, 0.5) is 0 Å². The van der Waals surface area contributed by atoms with E-state index in [0.717, 1.165) is 6.42 Å². The van der Waals surface area contributed by atoms with Gasteiger partial charge in [-0.1, -0.05) is 0 Å². The molecule has 2 rings (SSSR count). The topological polar surface area (TPSA) is 98.2 Å². The third-order valence-corrected chi connectivity index (χ3v) is 4.91. The van der Waals surface area contributed by atoms with E-state index in [2.05, 4.69) is 4.98 Å². The van der Waals surface area contributed by atoms with Gasteiger partial charge in [0.15, 0.2) is 9.84 Å². The minimum atomic E-state index is -2.96. The fourth-order valence-corrected chi connectivity index (χ4v) is 3.91. The number of aliphatic hydroxyl groups is 1. The van der Waals surface area contributed by atoms with E-state index >= 15 is 0 Å². The Balaban J connectivity index is 2.25. The second kappa shape index (κ2) is 4.75. The first-order chi connectivity index (χ1) is 8.03. The summed E-state index contributed by atoms with van der Waals surface area (Å²) in [4.78, 5) is 3.99. The number of aliphatic hydroxyl groups excluding tert-OH is 1. The van der Waals surface area contributed by atoms with Gasteiger partial charge < -0.3 is 15.4 Å². The van der Waals surface area contributed by atoms with Gasteiger partial charge in [0.25, 0.3) is 0 Å². The molecule has 0 aromatic carbocycles. The number of nitrogens with two attached hydrogens (primary N) is 1. The van der Waals surface area contributed by atoms with Crippen molar-refractivity contribution >= 4 is 9.84 Å². The van der Waals surface area contributed by atoms with Crippen LogP contribution in [0.2, 0.25) is 0 Å². The molecule has 0 amide bonds. The molecule has 1 aliphatic rings. The summed E-state index contributed by atoms with van der Waals surface area (Å²) in [7, 11) is -2.96. The molecule has 0 spiro atoms. The highest BCUT2D eigenvalue weighted by Crippen LogP contribution is 2.25. The molecule has 2 unspecified atom stereocenters. The van der Waals surface area contributed by atoms with Crippen molar-refractivity contribution in [2.75, 3.05) is 18.1 Å². The van der Waals surface area contributed by atoms with Crippen molar-refractivity contribution in [1.82, 2.24) is 9.55 Å². The molecule has 3 N–H and O–H groups in total. The Labute approximate surface area is 100 Å². The van der Waals surface area contributed by atoms with Crippen LogP contribution in [-0.4, -0.2) is 41.2 Å². The number of aromatic nitrogens is 2. The zero-order valence-electron chi connectivity index (χ0n) is 9.49. The van der Waals surface area contributed by atoms with Gasteiger partial charge in [-0.05, 0) is 12.8 Å². The first-order valence-electron chi connectivity index (χ1n) is 5.62. The second-order valence-electron chi connectivity index (χ2n) is 4.43. The number of hydrogen-bond acceptors (Lipinski definition) is 5. The van der Waals surface area contributed by atoms with Crippen LogP contribution >= 0.6 is 0 Å². The van der Waals surface area contributed by atoms with Crippen LogP contribution in [0, 0.1) is 0 Å². The predicted octanol–water partition coefficient (Wildman–Crippen LogP) is -0.375. The Bertz CT molecular complexity index is 483. The highest BCUT2D eigenvalue weighted by Gasteiger charge is 2.27. The summed E-state index contributed by atoms with van der Waals surface area (Å²) in [6.45, 7) is -0.175. The molecule has 1 fully saturated rings. The number of hydrogen-bond donors (Lipinski definition) is 2. The van der Waals surface area contributed by atoms with Gasteiger partial charge in [0.1, 0.15) is 0 Å². The Morgan fingerprint density at radius 3 is 3.06 bits per heavy atom. The largest absolute Gasteiger partial charge is 0.394 e. The smallest absolute Gasteiger partial charge is 0.152 e. The van der Waals surface area contributed by atoms with Gasteiger partial charge in [-0.15, -0.1) is 0 Å². The van der Waals surface area contributed by atoms with Gasteiger partial charge in [-0.3, -0.25) is 0 Å². The van der Waals surface area contributed by atoms with Crippen LogP contribution in [0.15, 0.2) is 12.5 Å². The molecule has 1 saturated heterocycles. The average molecular weight is 259 g/mol. The van der Waals surface area contributed by atoms with Gasteiger partial charge in [-0.25, -0.2) is 13.4 Å². The van der Waals surface area contributed by atoms with E-state index in [4.69, 9.17) is 10.8 Å². The Morgan fingerprint density at radius 1 is 1.65 bits per heavy atom. The van der Waals surface area contributed by atoms with Crippen molar-refractivity contribution in [3.05, 3.63) is 18.2 Å². The summed E-state index contributed by atoms with van der Waals surface area (Å²) >= 11 is 0. The maximum atomic E-state index is 11.6. The summed E-state index contributed by atoms with van der Waals surface area (Å²) in [5.74, 6) is 0.397. The Morgan fingerprint density at radius 2 is 2.41 bits per heavy atom. The maximum Gasteiger partial charge on any atom is 0.152 e. The molecule has 1 aromatic heterocycles. The average Bonchev–Trinajstić information content (AvgIpc) is 2.75. The summed E-state index contributed by atoms with van der Waals surface area (Å²) < 4.78 is 25.0. The van der Waals surface area contributed by atoms with E-state index in [1.165, 1.54) is 0 Å². The first kappa shape index (κ1) is 12.5. The summed E-state index contributed by atoms with van der Waals surface area (Å²) in [5.41, 5.74) is 6.44. The van der Waals surface area contributed by atoms with E-state index in [1.54, 1.807) is 17.1 Å². The van der Waals surface area contributed by atoms with Gasteiger partial charge >= 0.3 is 0 Å². The molecular weight excluding hydrogens is 242 g/mol. The molecule has 1 aromatic rings. The highest BCUT2D eigenvalue weighted by molar-refractivity contribution is 7.91. The van der Waals surface area contributed by atoms with Crippen molar-refractivity contribution in [2.24, 2.45) is 5.73 Å². The molecular formula is C10H17N3O3S. The predicted molar refractivity (Wildman–Crippen MR) is 63.2 cm³/mol. The number of nitrogens with zero attached hydrogens (tertiary/aromatic N) is 2. The normalized spacial score (nSPS) is 25.6. The second-order valence-corrected chi connectivity index (χ2v) is 6.65. The SMILES string of the molecule is NC(CO)c1cncn1C1CCCS(=O)(=O)C1. The van der Waals surface area contributed by atoms with E-state index in [1.807, 2.05) is 0 Å². The van der Waals surface area contributed by atoms with Crippen molar-refractivity contribution in [3.8, 4) is 0 Å². The van der Waals surface area contributed by atoms with Gasteiger partial charge in [0, 0.05) is 12.2 Å². The van der Waals surface area contributed by atoms with Gasteiger partial charge in [0.05, 0.1) is 36.2 Å². The van der Waals surface area contributed by atoms with E-state index in [0.29, 0.717) is 12.1 Å². The van der Waals surface area contributed by atoms with Crippen molar-refractivity contribution in [2.45, 2.75) is 24.9 Å². The minimum absolute atomic E-state index is 0.108. The van der Waals surface area contributed by atoms with Crippen LogP contribution in [-0.2, 0) is 9.84 Å². The number of rotatable bonds is 3. The molecule has 0 bridgehead atoms. The standard InChI is InChI=1S/C10H17N3O3S/c11-9(5-14)10-4-12-7-13(10)8-2-1-3-17(15,16)6-8/h4,7-9,14H,1-3,5-6,11H2. The number of imidazole rings is 1. The zero-order chi connectivity index (χ0) is 12.5. The Kier molecular flexibility index (Phi) is 3.50. The molecule has 2 heterocycles. The molecule has 1 aliphatic heterocycles. The van der Waals surface area contributed by atoms with Crippen LogP contribution < -0.4 is 5.73 Å². The lowest BCUT2D eigenvalue weighted by Crippen LogP contribution is -2.30. The van der Waals surface area contributed by atoms with Crippen LogP contribution in [0.1, 0.15) is 30.6 Å². The van der Waals surface area contributed by atoms with E-state index < -0.39 is 15.9 Å². The van der Waals surface area contributed by atoms with Crippen molar-refractivity contribution in [1.29, 1.82) is 0 Å². The van der Waals surface area contributed by atoms with Crippen LogP contribution in [0.3, 0.4) is 0 Å². The lowest BCUT2D eigenvalue weighted by atomic mass is 10.1. The van der Waals surface area contributed by atoms with E-state index in [-0.39, 0.29) is 24.2 Å². The zero-order valence-corrected chi connectivity index (χ0v) is 10.3. The fourth-order valence-electron chi connectivity index (χ4n) is 2.22. The third-order valence-electron chi connectivity index (χ3n) is 3.11. The summed E-state index contributed by atoms with van der Waals surface area (Å²) in [6, 6.07) is -0.619. The minimum Gasteiger partial charge on any atom is -0.394 e. The van der Waals surface area contributed by atoms with Crippen LogP contribution in [0.25, 0.3) is 0 Å². The lowest BCUT2D eigenvalue weighted by Gasteiger charge is -2.26. The maximum absolute atomic E-state index is 11.6. The molecule has 96 valence electrons. The van der Waals surface area contributed by atoms with Gasteiger partial charge in [0.2, 0.25) is 0 Å². The van der Waals surface area contributed by atoms with Crippen molar-refractivity contribution < 1.29 is 13.5 Å². The van der Waals surface area contributed by atoms with Crippen LogP contribution in [0.5, 0.6) is 0 Å². The monoisotopic (exact) mass is 259 g/mol. The highest BCUT2D eigenvalue weighted by atomic mass is 32.2. The molecule has 17 heavy (non-hydrogen) atoms. The lowest BCUT2D eigenvalue weighted by molar-refractivity contribution is 0.261. The Hall–Kier alpha value is -0.920. The quantitative estimate of drug-likeness (QED) is 0.771. The summed E-state index contributed by atoms with van der Waals surface area (Å²) in [5, 5.41) is 9.05. The van der Waals surface area contributed by atoms with E-state index in [9.17, 15) is 8.42 Å². The van der Waals surface area contributed by atoms with Gasteiger partial charge in [-0.2, -0.15) is 0 Å². The molecule has 0 radical (unpaired) electrons. The molecule has 7 heteroatoms. The molecule has 0 saturated carbocycles. The fraction of sp³-hybridized carbons (Fsp3) is 0.700.